The monoisotopic (exact) mass is 174 g/mol. The average molecular weight is 174 g/mol. The molecule has 1 N–H and O–H groups in total. The number of pyridine rings is 1. The van der Waals surface area contributed by atoms with Gasteiger partial charge in [0, 0.05) is 11.6 Å². The summed E-state index contributed by atoms with van der Waals surface area (Å²) in [5, 5.41) is 13.0. The fourth-order valence-corrected chi connectivity index (χ4v) is 1.19. The summed E-state index contributed by atoms with van der Waals surface area (Å²) in [7, 11) is 0. The molecule has 0 atom stereocenters. The Balaban J connectivity index is 2.86. The summed E-state index contributed by atoms with van der Waals surface area (Å²) < 4.78 is 0. The second-order valence-electron chi connectivity index (χ2n) is 2.60. The third-order valence-electron chi connectivity index (χ3n) is 1.82. The smallest absolute Gasteiger partial charge is 0.171 e. The summed E-state index contributed by atoms with van der Waals surface area (Å²) in [5.74, 6) is -0.159. The summed E-state index contributed by atoms with van der Waals surface area (Å²) in [6.07, 6.45) is 1.55. The van der Waals surface area contributed by atoms with Crippen LogP contribution in [-0.2, 0) is 0 Å². The molecule has 13 heavy (non-hydrogen) atoms. The van der Waals surface area contributed by atoms with Gasteiger partial charge < -0.3 is 5.11 Å². The molecule has 1 aromatic heterocycles. The summed E-state index contributed by atoms with van der Waals surface area (Å²) in [4.78, 5) is 14.2. The van der Waals surface area contributed by atoms with Crippen molar-refractivity contribution in [1.82, 2.24) is 4.98 Å². The van der Waals surface area contributed by atoms with Crippen molar-refractivity contribution in [2.45, 2.75) is 0 Å². The lowest BCUT2D eigenvalue weighted by molar-refractivity contribution is 0.482. The molecule has 2 aromatic rings. The third-order valence-corrected chi connectivity index (χ3v) is 1.82. The van der Waals surface area contributed by atoms with Crippen LogP contribution in [0.4, 0.5) is 5.69 Å². The molecule has 1 heterocycles. The summed E-state index contributed by atoms with van der Waals surface area (Å²) in [6, 6.07) is 6.72. The maximum absolute atomic E-state index is 10.2. The molecule has 4 nitrogen and oxygen atoms in total. The van der Waals surface area contributed by atoms with Crippen molar-refractivity contribution >= 4 is 16.6 Å². The molecule has 0 radical (unpaired) electrons. The Morgan fingerprint density at radius 1 is 1.31 bits per heavy atom. The fourth-order valence-electron chi connectivity index (χ4n) is 1.19. The molecule has 0 aliphatic heterocycles. The van der Waals surface area contributed by atoms with Crippen molar-refractivity contribution in [2.24, 2.45) is 5.18 Å². The molecule has 4 heteroatoms. The van der Waals surface area contributed by atoms with Gasteiger partial charge in [0.05, 0.1) is 0 Å². The van der Waals surface area contributed by atoms with Crippen LogP contribution in [0.3, 0.4) is 0 Å². The molecular weight excluding hydrogens is 168 g/mol. The fraction of sp³-hybridized carbons (Fsp3) is 0. The highest BCUT2D eigenvalue weighted by Crippen LogP contribution is 2.32. The van der Waals surface area contributed by atoms with Crippen molar-refractivity contribution in [3.8, 4) is 5.75 Å². The van der Waals surface area contributed by atoms with Gasteiger partial charge in [0.1, 0.15) is 5.52 Å². The summed E-state index contributed by atoms with van der Waals surface area (Å²) in [5.41, 5.74) is 0.422. The Morgan fingerprint density at radius 3 is 2.92 bits per heavy atom. The van der Waals surface area contributed by atoms with Crippen LogP contribution in [0.1, 0.15) is 0 Å². The Morgan fingerprint density at radius 2 is 2.15 bits per heavy atom. The van der Waals surface area contributed by atoms with E-state index in [9.17, 15) is 10.0 Å². The number of hydrogen-bond donors (Lipinski definition) is 1. The van der Waals surface area contributed by atoms with E-state index < -0.39 is 0 Å². The number of benzene rings is 1. The van der Waals surface area contributed by atoms with Gasteiger partial charge in [-0.1, -0.05) is 12.1 Å². The first-order valence-corrected chi connectivity index (χ1v) is 3.73. The lowest BCUT2D eigenvalue weighted by atomic mass is 10.2. The van der Waals surface area contributed by atoms with E-state index >= 15 is 0 Å². The van der Waals surface area contributed by atoms with Crippen molar-refractivity contribution < 1.29 is 5.11 Å². The maximum atomic E-state index is 10.2. The van der Waals surface area contributed by atoms with Crippen LogP contribution in [-0.4, -0.2) is 10.1 Å². The van der Waals surface area contributed by atoms with Gasteiger partial charge in [0.15, 0.2) is 11.4 Å². The second-order valence-corrected chi connectivity index (χ2v) is 2.60. The Bertz CT molecular complexity index is 468. The predicted octanol–water partition coefficient (Wildman–Crippen LogP) is 2.34. The van der Waals surface area contributed by atoms with Gasteiger partial charge in [-0.3, -0.25) is 4.98 Å². The van der Waals surface area contributed by atoms with Gasteiger partial charge >= 0.3 is 0 Å². The number of nitroso groups, excluding NO2 is 1. The van der Waals surface area contributed by atoms with Gasteiger partial charge in [0.2, 0.25) is 0 Å². The van der Waals surface area contributed by atoms with Crippen molar-refractivity contribution in [3.63, 3.8) is 0 Å². The maximum Gasteiger partial charge on any atom is 0.171 e. The molecule has 0 aliphatic carbocycles. The molecule has 0 spiro atoms. The lowest BCUT2D eigenvalue weighted by Crippen LogP contribution is -1.78. The predicted molar refractivity (Wildman–Crippen MR) is 48.9 cm³/mol. The topological polar surface area (TPSA) is 62.5 Å². The summed E-state index contributed by atoms with van der Waals surface area (Å²) in [6.45, 7) is 0. The Labute approximate surface area is 73.8 Å². The first-order chi connectivity index (χ1) is 6.33. The number of fused-ring (bicyclic) bond motifs is 1. The largest absolute Gasteiger partial charge is 0.504 e. The minimum atomic E-state index is -0.159. The number of rotatable bonds is 1. The molecule has 64 valence electrons. The van der Waals surface area contributed by atoms with E-state index in [1.807, 2.05) is 0 Å². The van der Waals surface area contributed by atoms with Crippen LogP contribution in [0.15, 0.2) is 35.6 Å². The molecular formula is C9H6N2O2. The normalized spacial score (nSPS) is 10.2. The van der Waals surface area contributed by atoms with E-state index in [-0.39, 0.29) is 11.4 Å². The van der Waals surface area contributed by atoms with Crippen molar-refractivity contribution in [1.29, 1.82) is 0 Å². The molecule has 0 saturated carbocycles. The third kappa shape index (κ3) is 1.12. The van der Waals surface area contributed by atoms with Gasteiger partial charge in [-0.15, -0.1) is 4.91 Å². The molecule has 1 aromatic carbocycles. The van der Waals surface area contributed by atoms with Gasteiger partial charge in [0.25, 0.3) is 0 Å². The highest BCUT2D eigenvalue weighted by molar-refractivity contribution is 5.88. The van der Waals surface area contributed by atoms with Crippen molar-refractivity contribution in [3.05, 3.63) is 35.4 Å². The van der Waals surface area contributed by atoms with Gasteiger partial charge in [-0.25, -0.2) is 0 Å². The quantitative estimate of drug-likeness (QED) is 0.675. The van der Waals surface area contributed by atoms with Gasteiger partial charge in [-0.05, 0) is 17.3 Å². The SMILES string of the molecule is O=Nc1ccc2cccnc2c1O. The number of hydrogen-bond acceptors (Lipinski definition) is 4. The van der Waals surface area contributed by atoms with E-state index in [0.717, 1.165) is 5.39 Å². The molecule has 0 aliphatic rings. The highest BCUT2D eigenvalue weighted by atomic mass is 16.3. The second kappa shape index (κ2) is 2.82. The number of aromatic hydroxyl groups is 1. The zero-order valence-electron chi connectivity index (χ0n) is 6.64. The molecule has 0 amide bonds. The van der Waals surface area contributed by atoms with E-state index in [1.54, 1.807) is 24.4 Å². The van der Waals surface area contributed by atoms with Crippen LogP contribution >= 0.6 is 0 Å². The zero-order valence-corrected chi connectivity index (χ0v) is 6.64. The first kappa shape index (κ1) is 7.67. The van der Waals surface area contributed by atoms with E-state index in [2.05, 4.69) is 10.2 Å². The van der Waals surface area contributed by atoms with Crippen LogP contribution in [0.2, 0.25) is 0 Å². The molecule has 2 rings (SSSR count). The van der Waals surface area contributed by atoms with E-state index in [1.165, 1.54) is 6.07 Å². The number of nitrogens with zero attached hydrogens (tertiary/aromatic N) is 2. The van der Waals surface area contributed by atoms with Crippen LogP contribution in [0, 0.1) is 4.91 Å². The Hall–Kier alpha value is -1.97. The highest BCUT2D eigenvalue weighted by Gasteiger charge is 2.06. The number of phenolic OH excluding ortho intramolecular Hbond substituents is 1. The minimum Gasteiger partial charge on any atom is -0.504 e. The van der Waals surface area contributed by atoms with E-state index in [4.69, 9.17) is 0 Å². The number of phenols is 1. The van der Waals surface area contributed by atoms with Crippen LogP contribution in [0.25, 0.3) is 10.9 Å². The van der Waals surface area contributed by atoms with Crippen molar-refractivity contribution in [2.75, 3.05) is 0 Å². The standard InChI is InChI=1S/C9H6N2O2/c12-9-7(11-13)4-3-6-2-1-5-10-8(6)9/h1-5,12H. The van der Waals surface area contributed by atoms with Crippen LogP contribution in [0.5, 0.6) is 5.75 Å². The molecule has 0 unspecified atom stereocenters. The number of aromatic nitrogens is 1. The zero-order chi connectivity index (χ0) is 9.26. The first-order valence-electron chi connectivity index (χ1n) is 3.73. The summed E-state index contributed by atoms with van der Waals surface area (Å²) >= 11 is 0. The van der Waals surface area contributed by atoms with Crippen LogP contribution < -0.4 is 0 Å². The van der Waals surface area contributed by atoms with E-state index in [0.29, 0.717) is 5.52 Å². The molecule has 0 saturated heterocycles. The Kier molecular flexibility index (Phi) is 1.66. The minimum absolute atomic E-state index is 0.0196. The van der Waals surface area contributed by atoms with Gasteiger partial charge in [-0.2, -0.15) is 0 Å². The molecule has 0 bridgehead atoms. The molecule has 0 fully saturated rings. The average Bonchev–Trinajstić information content (AvgIpc) is 2.19. The lowest BCUT2D eigenvalue weighted by Gasteiger charge is -1.99.